The normalized spacial score (nSPS) is 23.4. The van der Waals surface area contributed by atoms with E-state index in [1.54, 1.807) is 0 Å². The van der Waals surface area contributed by atoms with E-state index >= 15 is 0 Å². The number of hydrogen-bond donors (Lipinski definition) is 4. The first-order valence-electron chi connectivity index (χ1n) is 5.60. The molecule has 0 radical (unpaired) electrons. The predicted octanol–water partition coefficient (Wildman–Crippen LogP) is 0.653. The molecule has 8 heteroatoms. The number of nitrogens with one attached hydrogen (secondary N) is 3. The van der Waals surface area contributed by atoms with Gasteiger partial charge in [-0.25, -0.2) is 5.43 Å². The number of alkyl halides is 3. The fourth-order valence-electron chi connectivity index (χ4n) is 1.78. The highest BCUT2D eigenvalue weighted by Gasteiger charge is 2.32. The molecular formula is C11H13F3N4O. The molecule has 1 amide bonds. The molecule has 0 spiro atoms. The van der Waals surface area contributed by atoms with Crippen LogP contribution in [0.2, 0.25) is 0 Å². The van der Waals surface area contributed by atoms with Gasteiger partial charge in [-0.1, -0.05) is 6.07 Å². The fourth-order valence-corrected chi connectivity index (χ4v) is 1.78. The van der Waals surface area contributed by atoms with E-state index in [1.807, 2.05) is 0 Å². The Hall–Kier alpha value is -1.64. The average Bonchev–Trinajstić information content (AvgIpc) is 2.75. The Morgan fingerprint density at radius 3 is 2.74 bits per heavy atom. The van der Waals surface area contributed by atoms with Crippen molar-refractivity contribution in [2.75, 3.05) is 11.9 Å². The van der Waals surface area contributed by atoms with Gasteiger partial charge in [0.15, 0.2) is 0 Å². The molecule has 5 N–H and O–H groups in total. The first kappa shape index (κ1) is 13.8. The quantitative estimate of drug-likeness (QED) is 0.638. The third-order valence-corrected chi connectivity index (χ3v) is 2.82. The summed E-state index contributed by atoms with van der Waals surface area (Å²) in [5, 5.41) is 2.43. The Bertz CT molecular complexity index is 477. The lowest BCUT2D eigenvalue weighted by Gasteiger charge is -2.14. The third-order valence-electron chi connectivity index (χ3n) is 2.82. The number of hydrogen-bond acceptors (Lipinski definition) is 4. The van der Waals surface area contributed by atoms with Crippen molar-refractivity contribution in [3.8, 4) is 0 Å². The highest BCUT2D eigenvalue weighted by molar-refractivity contribution is 5.93. The Kier molecular flexibility index (Phi) is 3.74. The number of amides is 1. The molecule has 2 rings (SSSR count). The zero-order valence-corrected chi connectivity index (χ0v) is 9.79. The van der Waals surface area contributed by atoms with Gasteiger partial charge in [-0.05, 0) is 18.2 Å². The van der Waals surface area contributed by atoms with Crippen molar-refractivity contribution in [3.63, 3.8) is 0 Å². The molecule has 1 saturated heterocycles. The number of carbonyl (C=O) groups is 1. The van der Waals surface area contributed by atoms with Gasteiger partial charge in [-0.3, -0.25) is 10.2 Å². The van der Waals surface area contributed by atoms with Crippen molar-refractivity contribution in [1.82, 2.24) is 10.9 Å². The zero-order chi connectivity index (χ0) is 14.0. The molecule has 1 aliphatic rings. The van der Waals surface area contributed by atoms with Crippen LogP contribution >= 0.6 is 0 Å². The molecule has 19 heavy (non-hydrogen) atoms. The summed E-state index contributed by atoms with van der Waals surface area (Å²) < 4.78 is 37.5. The SMILES string of the molecule is NC1NNCC1C(=O)Nc1cccc(C(F)(F)F)c1. The number of carbonyl (C=O) groups excluding carboxylic acids is 1. The molecule has 1 heterocycles. The van der Waals surface area contributed by atoms with Crippen LogP contribution in [0.4, 0.5) is 18.9 Å². The van der Waals surface area contributed by atoms with Crippen LogP contribution in [0.15, 0.2) is 24.3 Å². The van der Waals surface area contributed by atoms with Crippen molar-refractivity contribution in [1.29, 1.82) is 0 Å². The number of nitrogens with two attached hydrogens (primary N) is 1. The number of halogens is 3. The van der Waals surface area contributed by atoms with Gasteiger partial charge < -0.3 is 11.1 Å². The standard InChI is InChI=1S/C11H13F3N4O/c12-11(13,14)6-2-1-3-7(4-6)17-10(19)8-5-16-18-9(8)15/h1-4,8-9,16,18H,5,15H2,(H,17,19). The molecular weight excluding hydrogens is 261 g/mol. The molecule has 2 unspecified atom stereocenters. The second-order valence-electron chi connectivity index (χ2n) is 4.23. The minimum atomic E-state index is -4.44. The van der Waals surface area contributed by atoms with Crippen LogP contribution in [-0.4, -0.2) is 18.6 Å². The van der Waals surface area contributed by atoms with Crippen LogP contribution < -0.4 is 21.9 Å². The molecule has 2 atom stereocenters. The van der Waals surface area contributed by atoms with Crippen LogP contribution in [-0.2, 0) is 11.0 Å². The van der Waals surface area contributed by atoms with Gasteiger partial charge in [0.1, 0.15) is 0 Å². The van der Waals surface area contributed by atoms with Crippen LogP contribution in [0.3, 0.4) is 0 Å². The number of hydrazine groups is 1. The first-order chi connectivity index (χ1) is 8.88. The molecule has 1 fully saturated rings. The summed E-state index contributed by atoms with van der Waals surface area (Å²) >= 11 is 0. The summed E-state index contributed by atoms with van der Waals surface area (Å²) in [5.74, 6) is -0.959. The van der Waals surface area contributed by atoms with Gasteiger partial charge in [0.2, 0.25) is 5.91 Å². The lowest BCUT2D eigenvalue weighted by Crippen LogP contribution is -2.43. The van der Waals surface area contributed by atoms with Gasteiger partial charge in [0, 0.05) is 12.2 Å². The molecule has 0 saturated carbocycles. The van der Waals surface area contributed by atoms with Gasteiger partial charge in [-0.2, -0.15) is 13.2 Å². The van der Waals surface area contributed by atoms with E-state index in [0.717, 1.165) is 12.1 Å². The summed E-state index contributed by atoms with van der Waals surface area (Å²) in [5.41, 5.74) is 10.3. The highest BCUT2D eigenvalue weighted by Crippen LogP contribution is 2.30. The van der Waals surface area contributed by atoms with Crippen molar-refractivity contribution >= 4 is 11.6 Å². The smallest absolute Gasteiger partial charge is 0.326 e. The van der Waals surface area contributed by atoms with E-state index in [-0.39, 0.29) is 5.69 Å². The largest absolute Gasteiger partial charge is 0.416 e. The van der Waals surface area contributed by atoms with Crippen molar-refractivity contribution < 1.29 is 18.0 Å². The van der Waals surface area contributed by atoms with E-state index in [2.05, 4.69) is 16.2 Å². The topological polar surface area (TPSA) is 79.2 Å². The lowest BCUT2D eigenvalue weighted by molar-refractivity contribution is -0.137. The summed E-state index contributed by atoms with van der Waals surface area (Å²) in [6.45, 7) is 0.325. The second kappa shape index (κ2) is 5.16. The first-order valence-corrected chi connectivity index (χ1v) is 5.60. The molecule has 0 aliphatic carbocycles. The maximum absolute atomic E-state index is 12.5. The molecule has 1 aromatic carbocycles. The van der Waals surface area contributed by atoms with Crippen LogP contribution in [0.5, 0.6) is 0 Å². The number of benzene rings is 1. The Labute approximate surface area is 107 Å². The van der Waals surface area contributed by atoms with Crippen molar-refractivity contribution in [3.05, 3.63) is 29.8 Å². The minimum absolute atomic E-state index is 0.0962. The molecule has 5 nitrogen and oxygen atoms in total. The fraction of sp³-hybridized carbons (Fsp3) is 0.364. The van der Waals surface area contributed by atoms with E-state index in [0.29, 0.717) is 6.54 Å². The van der Waals surface area contributed by atoms with Gasteiger partial charge in [0.05, 0.1) is 17.6 Å². The Morgan fingerprint density at radius 1 is 1.42 bits per heavy atom. The maximum Gasteiger partial charge on any atom is 0.416 e. The molecule has 1 aromatic rings. The molecule has 104 valence electrons. The average molecular weight is 274 g/mol. The van der Waals surface area contributed by atoms with Crippen molar-refractivity contribution in [2.24, 2.45) is 11.7 Å². The van der Waals surface area contributed by atoms with Gasteiger partial charge in [0.25, 0.3) is 0 Å². The van der Waals surface area contributed by atoms with E-state index < -0.39 is 29.7 Å². The summed E-state index contributed by atoms with van der Waals surface area (Å²) in [6.07, 6.45) is -5.00. The van der Waals surface area contributed by atoms with Crippen LogP contribution in [0.25, 0.3) is 0 Å². The molecule has 0 bridgehead atoms. The van der Waals surface area contributed by atoms with Crippen LogP contribution in [0.1, 0.15) is 5.56 Å². The van der Waals surface area contributed by atoms with Crippen molar-refractivity contribution in [2.45, 2.75) is 12.3 Å². The summed E-state index contributed by atoms with van der Waals surface area (Å²) in [6, 6.07) is 4.47. The van der Waals surface area contributed by atoms with E-state index in [9.17, 15) is 18.0 Å². The summed E-state index contributed by atoms with van der Waals surface area (Å²) in [7, 11) is 0. The van der Waals surface area contributed by atoms with E-state index in [4.69, 9.17) is 5.73 Å². The predicted molar refractivity (Wildman–Crippen MR) is 62.7 cm³/mol. The van der Waals surface area contributed by atoms with Gasteiger partial charge in [-0.15, -0.1) is 0 Å². The van der Waals surface area contributed by atoms with Crippen LogP contribution in [0, 0.1) is 5.92 Å². The van der Waals surface area contributed by atoms with Gasteiger partial charge >= 0.3 is 6.18 Å². The number of anilines is 1. The minimum Gasteiger partial charge on any atom is -0.326 e. The Morgan fingerprint density at radius 2 is 2.16 bits per heavy atom. The maximum atomic E-state index is 12.5. The molecule has 0 aromatic heterocycles. The summed E-state index contributed by atoms with van der Waals surface area (Å²) in [4.78, 5) is 11.8. The zero-order valence-electron chi connectivity index (χ0n) is 9.79. The lowest BCUT2D eigenvalue weighted by atomic mass is 10.1. The number of rotatable bonds is 2. The molecule has 1 aliphatic heterocycles. The monoisotopic (exact) mass is 274 g/mol. The Balaban J connectivity index is 2.09. The third kappa shape index (κ3) is 3.22. The highest BCUT2D eigenvalue weighted by atomic mass is 19.4. The second-order valence-corrected chi connectivity index (χ2v) is 4.23. The van der Waals surface area contributed by atoms with E-state index in [1.165, 1.54) is 12.1 Å².